The van der Waals surface area contributed by atoms with E-state index >= 15 is 0 Å². The Morgan fingerprint density at radius 1 is 1.42 bits per heavy atom. The van der Waals surface area contributed by atoms with Crippen molar-refractivity contribution >= 4 is 27.3 Å². The molecule has 0 spiro atoms. The van der Waals surface area contributed by atoms with Crippen LogP contribution in [0.25, 0.3) is 17.2 Å². The van der Waals surface area contributed by atoms with Crippen molar-refractivity contribution in [2.75, 3.05) is 19.5 Å². The minimum Gasteiger partial charge on any atom is -0.498 e. The second kappa shape index (κ2) is 7.67. The van der Waals surface area contributed by atoms with Crippen LogP contribution in [0.1, 0.15) is 26.2 Å². The number of allylic oxidation sites excluding steroid dienone is 1. The van der Waals surface area contributed by atoms with Gasteiger partial charge < -0.3 is 13.9 Å². The number of aromatic nitrogens is 1. The molecule has 1 heterocycles. The Balaban J connectivity index is 2.42. The number of hydrogen-bond donors (Lipinski definition) is 1. The van der Waals surface area contributed by atoms with Crippen LogP contribution in [0.15, 0.2) is 28.4 Å². The van der Waals surface area contributed by atoms with Crippen molar-refractivity contribution < 1.29 is 31.4 Å². The first-order valence-corrected chi connectivity index (χ1v) is 9.21. The summed E-state index contributed by atoms with van der Waals surface area (Å²) < 4.78 is 49.1. The van der Waals surface area contributed by atoms with E-state index in [9.17, 15) is 8.42 Å². The number of benzene rings is 1. The first-order chi connectivity index (χ1) is 11.3. The SMILES string of the molecule is CCO/C(C)=C/c1oc2ccc(OC)cc2[n+]1CCCS(=O)(=O)O. The van der Waals surface area contributed by atoms with Crippen molar-refractivity contribution in [3.05, 3.63) is 29.8 Å². The number of nitrogens with zero attached hydrogens (tertiary/aromatic N) is 1. The second-order valence-electron chi connectivity index (χ2n) is 5.25. The largest absolute Gasteiger partial charge is 0.498 e. The molecule has 0 aliphatic carbocycles. The van der Waals surface area contributed by atoms with Crippen LogP contribution in [0, 0.1) is 0 Å². The molecule has 0 saturated carbocycles. The number of ether oxygens (including phenoxy) is 2. The fraction of sp³-hybridized carbons (Fsp3) is 0.438. The van der Waals surface area contributed by atoms with Gasteiger partial charge in [0.1, 0.15) is 11.5 Å². The van der Waals surface area contributed by atoms with Crippen molar-refractivity contribution in [3.63, 3.8) is 0 Å². The minimum absolute atomic E-state index is 0.254. The van der Waals surface area contributed by atoms with E-state index in [0.29, 0.717) is 36.1 Å². The van der Waals surface area contributed by atoms with Crippen LogP contribution in [0.3, 0.4) is 0 Å². The van der Waals surface area contributed by atoms with Gasteiger partial charge in [-0.3, -0.25) is 4.55 Å². The van der Waals surface area contributed by atoms with Gasteiger partial charge in [-0.1, -0.05) is 0 Å². The number of methoxy groups -OCH3 is 1. The zero-order valence-corrected chi connectivity index (χ0v) is 14.8. The van der Waals surface area contributed by atoms with Gasteiger partial charge in [0.2, 0.25) is 5.58 Å². The molecule has 0 unspecified atom stereocenters. The molecule has 24 heavy (non-hydrogen) atoms. The minimum atomic E-state index is -4.00. The van der Waals surface area contributed by atoms with Crippen LogP contribution in [0.2, 0.25) is 0 Å². The summed E-state index contributed by atoms with van der Waals surface area (Å²) in [6.07, 6.45) is 2.01. The number of aryl methyl sites for hydroxylation is 1. The fourth-order valence-electron chi connectivity index (χ4n) is 2.39. The van der Waals surface area contributed by atoms with Gasteiger partial charge in [0.25, 0.3) is 15.6 Å². The molecule has 1 aromatic heterocycles. The molecule has 2 rings (SSSR count). The summed E-state index contributed by atoms with van der Waals surface area (Å²) in [5.41, 5.74) is 1.43. The first-order valence-electron chi connectivity index (χ1n) is 7.60. The van der Waals surface area contributed by atoms with Gasteiger partial charge in [-0.25, -0.2) is 0 Å². The number of rotatable bonds is 8. The summed E-state index contributed by atoms with van der Waals surface area (Å²) >= 11 is 0. The monoisotopic (exact) mass is 356 g/mol. The van der Waals surface area contributed by atoms with Gasteiger partial charge in [-0.15, -0.1) is 0 Å². The lowest BCUT2D eigenvalue weighted by Crippen LogP contribution is -2.36. The van der Waals surface area contributed by atoms with Crippen LogP contribution in [-0.2, 0) is 21.4 Å². The van der Waals surface area contributed by atoms with Gasteiger partial charge in [0.15, 0.2) is 6.54 Å². The predicted molar refractivity (Wildman–Crippen MR) is 89.3 cm³/mol. The molecular weight excluding hydrogens is 334 g/mol. The molecule has 7 nitrogen and oxygen atoms in total. The quantitative estimate of drug-likeness (QED) is 0.444. The Morgan fingerprint density at radius 3 is 2.79 bits per heavy atom. The molecule has 0 aliphatic heterocycles. The highest BCUT2D eigenvalue weighted by Gasteiger charge is 2.22. The zero-order valence-electron chi connectivity index (χ0n) is 14.0. The van der Waals surface area contributed by atoms with Crippen molar-refractivity contribution in [2.24, 2.45) is 0 Å². The van der Waals surface area contributed by atoms with Crippen LogP contribution < -0.4 is 9.30 Å². The number of hydrogen-bond acceptors (Lipinski definition) is 5. The fourth-order valence-corrected chi connectivity index (χ4v) is 2.89. The lowest BCUT2D eigenvalue weighted by molar-refractivity contribution is -0.677. The summed E-state index contributed by atoms with van der Waals surface area (Å²) in [6.45, 7) is 4.62. The maximum atomic E-state index is 10.9. The summed E-state index contributed by atoms with van der Waals surface area (Å²) in [5, 5.41) is 0. The Kier molecular flexibility index (Phi) is 5.84. The first kappa shape index (κ1) is 18.3. The average molecular weight is 356 g/mol. The number of fused-ring (bicyclic) bond motifs is 1. The summed E-state index contributed by atoms with van der Waals surface area (Å²) in [4.78, 5) is 0. The lowest BCUT2D eigenvalue weighted by atomic mass is 10.3. The highest BCUT2D eigenvalue weighted by Crippen LogP contribution is 2.21. The smallest absolute Gasteiger partial charge is 0.377 e. The second-order valence-corrected chi connectivity index (χ2v) is 6.83. The van der Waals surface area contributed by atoms with E-state index in [2.05, 4.69) is 0 Å². The Labute approximate surface area is 141 Å². The van der Waals surface area contributed by atoms with Crippen LogP contribution in [0.5, 0.6) is 5.75 Å². The van der Waals surface area contributed by atoms with E-state index in [1.807, 2.05) is 24.5 Å². The van der Waals surface area contributed by atoms with Crippen LogP contribution in [0.4, 0.5) is 0 Å². The molecule has 1 N–H and O–H groups in total. The maximum Gasteiger partial charge on any atom is 0.377 e. The highest BCUT2D eigenvalue weighted by atomic mass is 32.2. The van der Waals surface area contributed by atoms with Crippen molar-refractivity contribution in [1.29, 1.82) is 0 Å². The van der Waals surface area contributed by atoms with Crippen LogP contribution in [-0.4, -0.2) is 32.4 Å². The standard InChI is InChI=1S/C16H21NO6S/c1-4-22-12(2)10-16-17(8-5-9-24(18,19)20)14-11-13(21-3)6-7-15(14)23-16/h6-7,10-11H,4-5,8-9H2,1-3H3/p+1/b12-10+. The summed E-state index contributed by atoms with van der Waals surface area (Å²) in [5.74, 6) is 1.58. The molecule has 0 bridgehead atoms. The Hall–Kier alpha value is -2.06. The van der Waals surface area contributed by atoms with E-state index in [-0.39, 0.29) is 12.2 Å². The molecule has 0 fully saturated rings. The maximum absolute atomic E-state index is 10.9. The van der Waals surface area contributed by atoms with Gasteiger partial charge in [0.05, 0.1) is 31.6 Å². The van der Waals surface area contributed by atoms with E-state index in [1.54, 1.807) is 25.3 Å². The molecule has 132 valence electrons. The summed E-state index contributed by atoms with van der Waals surface area (Å²) in [6, 6.07) is 5.40. The van der Waals surface area contributed by atoms with E-state index in [4.69, 9.17) is 18.4 Å². The van der Waals surface area contributed by atoms with E-state index in [1.165, 1.54) is 0 Å². The molecule has 8 heteroatoms. The van der Waals surface area contributed by atoms with Crippen molar-refractivity contribution in [3.8, 4) is 5.75 Å². The number of oxazole rings is 1. The highest BCUT2D eigenvalue weighted by molar-refractivity contribution is 7.85. The molecule has 0 radical (unpaired) electrons. The molecular formula is C16H22NO6S+. The third kappa shape index (κ3) is 4.72. The Morgan fingerprint density at radius 2 is 2.17 bits per heavy atom. The molecule has 0 amide bonds. The summed E-state index contributed by atoms with van der Waals surface area (Å²) in [7, 11) is -2.42. The Bertz CT molecular complexity index is 838. The normalized spacial score (nSPS) is 12.6. The van der Waals surface area contributed by atoms with Gasteiger partial charge >= 0.3 is 5.89 Å². The van der Waals surface area contributed by atoms with Gasteiger partial charge in [0, 0.05) is 6.42 Å². The molecule has 0 atom stereocenters. The van der Waals surface area contributed by atoms with E-state index in [0.717, 1.165) is 5.52 Å². The van der Waals surface area contributed by atoms with Crippen LogP contribution >= 0.6 is 0 Å². The average Bonchev–Trinajstić information content (AvgIpc) is 2.83. The lowest BCUT2D eigenvalue weighted by Gasteiger charge is -2.00. The third-order valence-electron chi connectivity index (χ3n) is 3.42. The van der Waals surface area contributed by atoms with E-state index < -0.39 is 10.1 Å². The third-order valence-corrected chi connectivity index (χ3v) is 4.22. The van der Waals surface area contributed by atoms with Gasteiger partial charge in [-0.2, -0.15) is 13.0 Å². The zero-order chi connectivity index (χ0) is 17.7. The predicted octanol–water partition coefficient (Wildman–Crippen LogP) is 2.40. The molecule has 0 saturated heterocycles. The molecule has 0 aliphatic rings. The van der Waals surface area contributed by atoms with Gasteiger partial charge in [-0.05, 0) is 26.0 Å². The topological polar surface area (TPSA) is 89.9 Å². The molecule has 2 aromatic rings. The van der Waals surface area contributed by atoms with Crippen molar-refractivity contribution in [2.45, 2.75) is 26.8 Å². The van der Waals surface area contributed by atoms with Crippen molar-refractivity contribution in [1.82, 2.24) is 0 Å². The molecule has 1 aromatic carbocycles.